The smallest absolute Gasteiger partial charge is 0.343 e. The minimum atomic E-state index is -4.44. The van der Waals surface area contributed by atoms with Crippen molar-refractivity contribution in [3.8, 4) is 0 Å². The van der Waals surface area contributed by atoms with Crippen LogP contribution >= 0.6 is 0 Å². The Balaban J connectivity index is 1.48. The van der Waals surface area contributed by atoms with Gasteiger partial charge in [0.05, 0.1) is 23.2 Å². The van der Waals surface area contributed by atoms with Crippen molar-refractivity contribution >= 4 is 28.1 Å². The molecular weight excluding hydrogens is 473 g/mol. The van der Waals surface area contributed by atoms with Gasteiger partial charge in [0.15, 0.2) is 0 Å². The Kier molecular flexibility index (Phi) is 8.05. The van der Waals surface area contributed by atoms with Crippen LogP contribution in [0.4, 0.5) is 13.2 Å². The van der Waals surface area contributed by atoms with Crippen LogP contribution in [-0.2, 0) is 21.0 Å². The second-order valence-corrected chi connectivity index (χ2v) is 9.52. The van der Waals surface area contributed by atoms with E-state index in [9.17, 15) is 31.2 Å². The van der Waals surface area contributed by atoms with Crippen molar-refractivity contribution in [2.45, 2.75) is 30.3 Å². The number of benzene rings is 2. The molecule has 0 aromatic heterocycles. The summed E-state index contributed by atoms with van der Waals surface area (Å²) in [6, 6.07) is 9.64. The Morgan fingerprint density at radius 3 is 2.18 bits per heavy atom. The average molecular weight is 497 g/mol. The fraction of sp³-hybridized carbons (Fsp3) is 0.318. The zero-order valence-corrected chi connectivity index (χ0v) is 18.8. The molecule has 12 heteroatoms. The Hall–Kier alpha value is -3.25. The van der Waals surface area contributed by atoms with Crippen LogP contribution in [0, 0.1) is 0 Å². The van der Waals surface area contributed by atoms with Gasteiger partial charge in [-0.1, -0.05) is 18.6 Å². The third-order valence-corrected chi connectivity index (χ3v) is 7.03. The minimum Gasteiger partial charge on any atom is -0.343 e. The summed E-state index contributed by atoms with van der Waals surface area (Å²) in [6.45, 7) is 0.541. The molecule has 2 aromatic rings. The van der Waals surface area contributed by atoms with E-state index in [1.165, 1.54) is 46.9 Å². The maximum atomic E-state index is 12.7. The summed E-state index contributed by atoms with van der Waals surface area (Å²) in [5, 5.41) is 6.02. The van der Waals surface area contributed by atoms with Crippen molar-refractivity contribution in [3.05, 3.63) is 65.2 Å². The van der Waals surface area contributed by atoms with E-state index in [1.807, 2.05) is 0 Å². The van der Waals surface area contributed by atoms with Crippen molar-refractivity contribution in [1.82, 2.24) is 15.0 Å². The van der Waals surface area contributed by atoms with Crippen LogP contribution in [0.1, 0.15) is 40.7 Å². The van der Waals surface area contributed by atoms with E-state index < -0.39 is 40.1 Å². The number of hydrazone groups is 1. The normalized spacial score (nSPS) is 15.3. The molecule has 8 nitrogen and oxygen atoms in total. The summed E-state index contributed by atoms with van der Waals surface area (Å²) in [5.74, 6) is -1.23. The van der Waals surface area contributed by atoms with E-state index in [4.69, 9.17) is 0 Å². The van der Waals surface area contributed by atoms with Crippen LogP contribution in [0.15, 0.2) is 58.5 Å². The summed E-state index contributed by atoms with van der Waals surface area (Å²) in [6.07, 6.45) is -0.642. The van der Waals surface area contributed by atoms with Gasteiger partial charge in [-0.15, -0.1) is 0 Å². The van der Waals surface area contributed by atoms with Crippen molar-refractivity contribution in [1.29, 1.82) is 0 Å². The number of sulfonamides is 1. The van der Waals surface area contributed by atoms with Crippen molar-refractivity contribution in [2.75, 3.05) is 19.6 Å². The monoisotopic (exact) mass is 496 g/mol. The molecule has 0 bridgehead atoms. The largest absolute Gasteiger partial charge is 0.416 e. The maximum absolute atomic E-state index is 12.7. The van der Waals surface area contributed by atoms with Crippen molar-refractivity contribution in [3.63, 3.8) is 0 Å². The molecule has 1 aliphatic rings. The van der Waals surface area contributed by atoms with Crippen molar-refractivity contribution < 1.29 is 31.2 Å². The first-order valence-corrected chi connectivity index (χ1v) is 11.9. The third kappa shape index (κ3) is 6.64. The van der Waals surface area contributed by atoms with E-state index >= 15 is 0 Å². The predicted octanol–water partition coefficient (Wildman–Crippen LogP) is 2.76. The van der Waals surface area contributed by atoms with Gasteiger partial charge >= 0.3 is 6.18 Å². The molecule has 0 unspecified atom stereocenters. The molecule has 1 aliphatic heterocycles. The topological polar surface area (TPSA) is 108 Å². The number of carbonyl (C=O) groups excluding carboxylic acids is 2. The minimum absolute atomic E-state index is 0.0984. The van der Waals surface area contributed by atoms with Gasteiger partial charge in [-0.25, -0.2) is 13.8 Å². The molecule has 0 radical (unpaired) electrons. The number of halogens is 3. The van der Waals surface area contributed by atoms with Crippen LogP contribution in [0.25, 0.3) is 0 Å². The van der Waals surface area contributed by atoms with E-state index in [0.29, 0.717) is 18.7 Å². The van der Waals surface area contributed by atoms with E-state index in [1.54, 1.807) is 0 Å². The molecule has 1 heterocycles. The molecule has 2 aromatic carbocycles. The van der Waals surface area contributed by atoms with Gasteiger partial charge < -0.3 is 5.32 Å². The highest BCUT2D eigenvalue weighted by atomic mass is 32.2. The molecule has 182 valence electrons. The number of piperidine rings is 1. The number of carbonyl (C=O) groups is 2. The van der Waals surface area contributed by atoms with E-state index in [2.05, 4.69) is 15.8 Å². The van der Waals surface area contributed by atoms with Crippen LogP contribution < -0.4 is 10.7 Å². The first-order valence-electron chi connectivity index (χ1n) is 10.4. The van der Waals surface area contributed by atoms with Gasteiger partial charge in [0, 0.05) is 18.7 Å². The van der Waals surface area contributed by atoms with Gasteiger partial charge in [0.1, 0.15) is 0 Å². The van der Waals surface area contributed by atoms with Gasteiger partial charge in [-0.3, -0.25) is 9.59 Å². The first-order chi connectivity index (χ1) is 16.1. The third-order valence-electron chi connectivity index (χ3n) is 5.12. The lowest BCUT2D eigenvalue weighted by atomic mass is 10.1. The van der Waals surface area contributed by atoms with Crippen LogP contribution in [-0.4, -0.2) is 50.4 Å². The van der Waals surface area contributed by atoms with Crippen LogP contribution in [0.2, 0.25) is 0 Å². The quantitative estimate of drug-likeness (QED) is 0.454. The summed E-state index contributed by atoms with van der Waals surface area (Å²) in [5.41, 5.74) is 1.88. The molecule has 1 fully saturated rings. The summed E-state index contributed by atoms with van der Waals surface area (Å²) in [4.78, 5) is 24.2. The fourth-order valence-electron chi connectivity index (χ4n) is 3.27. The molecule has 2 amide bonds. The molecule has 0 atom stereocenters. The second-order valence-electron chi connectivity index (χ2n) is 7.58. The summed E-state index contributed by atoms with van der Waals surface area (Å²) >= 11 is 0. The highest BCUT2D eigenvalue weighted by Crippen LogP contribution is 2.28. The molecule has 0 aliphatic carbocycles. The number of hydrogen-bond acceptors (Lipinski definition) is 5. The lowest BCUT2D eigenvalue weighted by molar-refractivity contribution is -0.137. The van der Waals surface area contributed by atoms with E-state index in [0.717, 1.165) is 31.4 Å². The van der Waals surface area contributed by atoms with Gasteiger partial charge in [0.25, 0.3) is 11.8 Å². The molecule has 2 N–H and O–H groups in total. The Morgan fingerprint density at radius 1 is 0.971 bits per heavy atom. The number of nitrogens with zero attached hydrogens (tertiary/aromatic N) is 2. The highest BCUT2D eigenvalue weighted by Gasteiger charge is 2.30. The van der Waals surface area contributed by atoms with Gasteiger partial charge in [0.2, 0.25) is 10.0 Å². The zero-order chi connectivity index (χ0) is 24.8. The zero-order valence-electron chi connectivity index (χ0n) is 18.0. The highest BCUT2D eigenvalue weighted by molar-refractivity contribution is 7.89. The molecule has 34 heavy (non-hydrogen) atoms. The van der Waals surface area contributed by atoms with Gasteiger partial charge in [-0.2, -0.15) is 22.6 Å². The summed E-state index contributed by atoms with van der Waals surface area (Å²) < 4.78 is 64.4. The number of alkyl halides is 3. The lowest BCUT2D eigenvalue weighted by Crippen LogP contribution is -2.36. The number of amides is 2. The number of rotatable bonds is 7. The van der Waals surface area contributed by atoms with Gasteiger partial charge in [-0.05, 0) is 54.8 Å². The van der Waals surface area contributed by atoms with Crippen molar-refractivity contribution in [2.24, 2.45) is 5.10 Å². The molecule has 3 rings (SSSR count). The van der Waals surface area contributed by atoms with Crippen LogP contribution in [0.3, 0.4) is 0 Å². The Labute approximate surface area is 194 Å². The first kappa shape index (κ1) is 25.4. The number of hydrogen-bond donors (Lipinski definition) is 2. The summed E-state index contributed by atoms with van der Waals surface area (Å²) in [7, 11) is -3.61. The van der Waals surface area contributed by atoms with Crippen LogP contribution in [0.5, 0.6) is 0 Å². The fourth-order valence-corrected chi connectivity index (χ4v) is 4.79. The lowest BCUT2D eigenvalue weighted by Gasteiger charge is -2.25. The Bertz CT molecular complexity index is 1140. The predicted molar refractivity (Wildman–Crippen MR) is 119 cm³/mol. The number of nitrogens with one attached hydrogen (secondary N) is 2. The van der Waals surface area contributed by atoms with E-state index in [-0.39, 0.29) is 10.5 Å². The average Bonchev–Trinajstić information content (AvgIpc) is 2.83. The molecule has 0 spiro atoms. The Morgan fingerprint density at radius 2 is 1.59 bits per heavy atom. The molecule has 0 saturated carbocycles. The second kappa shape index (κ2) is 10.8. The SMILES string of the molecule is O=C(CNC(=O)c1ccc(S(=O)(=O)N2CCCCC2)cc1)N/N=C/c1ccc(C(F)(F)F)cc1. The maximum Gasteiger partial charge on any atom is 0.416 e. The molecule has 1 saturated heterocycles. The standard InChI is InChI=1S/C22H23F3N4O4S/c23-22(24,25)18-8-4-16(5-9-18)14-27-28-20(30)15-26-21(31)17-6-10-19(11-7-17)34(32,33)29-12-2-1-3-13-29/h4-11,14H,1-3,12-13,15H2,(H,26,31)(H,28,30)/b27-14+. The molecular formula is C22H23F3N4O4S.